The summed E-state index contributed by atoms with van der Waals surface area (Å²) in [7, 11) is 0. The van der Waals surface area contributed by atoms with Gasteiger partial charge in [-0.05, 0) is 55.5 Å². The van der Waals surface area contributed by atoms with Gasteiger partial charge in [0.25, 0.3) is 0 Å². The van der Waals surface area contributed by atoms with E-state index in [-0.39, 0.29) is 5.82 Å². The molecular weight excluding hydrogens is 497 g/mol. The second-order valence-corrected chi connectivity index (χ2v) is 9.38. The Balaban J connectivity index is 1.31. The Hall–Kier alpha value is -4.89. The van der Waals surface area contributed by atoms with Gasteiger partial charge in [-0.1, -0.05) is 36.4 Å². The molecule has 6 aromatic rings. The highest BCUT2D eigenvalue weighted by atomic mass is 32.1. The normalized spacial score (nSPS) is 11.3. The van der Waals surface area contributed by atoms with Crippen LogP contribution >= 0.6 is 11.3 Å². The maximum Gasteiger partial charge on any atom is 0.203 e. The molecule has 0 bridgehead atoms. The number of nitrogens with zero attached hydrogens (tertiary/aromatic N) is 6. The summed E-state index contributed by atoms with van der Waals surface area (Å²) in [5.74, 6) is -0.275. The highest BCUT2D eigenvalue weighted by molar-refractivity contribution is 7.14. The van der Waals surface area contributed by atoms with Crippen LogP contribution < -0.4 is 5.43 Å². The summed E-state index contributed by atoms with van der Waals surface area (Å²) < 4.78 is 17.0. The Kier molecular flexibility index (Phi) is 6.33. The molecule has 9 heteroatoms. The van der Waals surface area contributed by atoms with E-state index in [0.717, 1.165) is 45.1 Å². The third-order valence-electron chi connectivity index (χ3n) is 6.04. The van der Waals surface area contributed by atoms with Gasteiger partial charge in [-0.2, -0.15) is 15.3 Å². The van der Waals surface area contributed by atoms with E-state index < -0.39 is 0 Å². The van der Waals surface area contributed by atoms with E-state index in [0.29, 0.717) is 5.13 Å². The van der Waals surface area contributed by atoms with Crippen molar-refractivity contribution in [2.45, 2.75) is 6.92 Å². The largest absolute Gasteiger partial charge is 0.253 e. The van der Waals surface area contributed by atoms with E-state index in [4.69, 9.17) is 5.10 Å². The number of hydrogen-bond donors (Lipinski definition) is 1. The first kappa shape index (κ1) is 23.5. The predicted molar refractivity (Wildman–Crippen MR) is 150 cm³/mol. The lowest BCUT2D eigenvalue weighted by Crippen LogP contribution is -1.99. The van der Waals surface area contributed by atoms with Crippen LogP contribution in [0.2, 0.25) is 0 Å². The van der Waals surface area contributed by atoms with Gasteiger partial charge in [0.15, 0.2) is 0 Å². The molecule has 3 aromatic carbocycles. The maximum atomic E-state index is 13.3. The Morgan fingerprint density at radius 3 is 2.37 bits per heavy atom. The molecule has 6 rings (SSSR count). The molecule has 0 saturated heterocycles. The van der Waals surface area contributed by atoms with Crippen molar-refractivity contribution in [1.82, 2.24) is 24.5 Å². The van der Waals surface area contributed by atoms with Crippen LogP contribution in [-0.2, 0) is 0 Å². The smallest absolute Gasteiger partial charge is 0.203 e. The average Bonchev–Trinajstić information content (AvgIpc) is 3.69. The molecule has 38 heavy (non-hydrogen) atoms. The van der Waals surface area contributed by atoms with Crippen molar-refractivity contribution in [2.75, 3.05) is 5.43 Å². The highest BCUT2D eigenvalue weighted by Gasteiger charge is 2.17. The minimum absolute atomic E-state index is 0.275. The third-order valence-corrected chi connectivity index (χ3v) is 6.78. The molecule has 3 aromatic heterocycles. The van der Waals surface area contributed by atoms with Gasteiger partial charge >= 0.3 is 0 Å². The molecule has 0 fully saturated rings. The van der Waals surface area contributed by atoms with Crippen LogP contribution in [0, 0.1) is 12.7 Å². The van der Waals surface area contributed by atoms with E-state index in [1.165, 1.54) is 23.5 Å². The second kappa shape index (κ2) is 10.2. The van der Waals surface area contributed by atoms with Gasteiger partial charge in [-0.25, -0.2) is 18.7 Å². The summed E-state index contributed by atoms with van der Waals surface area (Å²) in [5, 5.41) is 16.5. The number of halogens is 1. The number of thiazole rings is 1. The topological polar surface area (TPSA) is 72.9 Å². The molecule has 0 amide bonds. The lowest BCUT2D eigenvalue weighted by Gasteiger charge is -2.05. The van der Waals surface area contributed by atoms with E-state index in [1.54, 1.807) is 18.3 Å². The van der Waals surface area contributed by atoms with E-state index in [9.17, 15) is 4.39 Å². The SMILES string of the molecule is Cc1c(-c2nn(-c3ccccc3)cc2/C=N/Nc2nc(-c3ccc(F)cc3)cs2)cnn1-c1ccccc1. The van der Waals surface area contributed by atoms with Crippen molar-refractivity contribution in [1.29, 1.82) is 0 Å². The molecule has 0 aliphatic carbocycles. The van der Waals surface area contributed by atoms with Crippen LogP contribution in [0.1, 0.15) is 11.3 Å². The first-order chi connectivity index (χ1) is 18.7. The first-order valence-corrected chi connectivity index (χ1v) is 12.8. The summed E-state index contributed by atoms with van der Waals surface area (Å²) in [5.41, 5.74) is 10.0. The molecule has 0 radical (unpaired) electrons. The lowest BCUT2D eigenvalue weighted by molar-refractivity contribution is 0.628. The summed E-state index contributed by atoms with van der Waals surface area (Å²) in [6, 6.07) is 26.2. The van der Waals surface area contributed by atoms with Crippen LogP contribution in [0.3, 0.4) is 0 Å². The monoisotopic (exact) mass is 519 g/mol. The number of rotatable bonds is 7. The fraction of sp³-hybridized carbons (Fsp3) is 0.0345. The quantitative estimate of drug-likeness (QED) is 0.187. The van der Waals surface area contributed by atoms with E-state index in [2.05, 4.69) is 20.6 Å². The van der Waals surface area contributed by atoms with Crippen molar-refractivity contribution in [2.24, 2.45) is 5.10 Å². The number of aromatic nitrogens is 5. The standard InChI is InChI=1S/C29H22FN7S/c1-20-26(17-32-37(20)25-10-6-3-7-11-25)28-22(18-36(35-28)24-8-4-2-5-9-24)16-31-34-29-33-27(19-38-29)21-12-14-23(30)15-13-21/h2-19H,1H3,(H,33,34)/b31-16+. The fourth-order valence-corrected chi connectivity index (χ4v) is 4.78. The molecule has 0 saturated carbocycles. The molecule has 3 heterocycles. The van der Waals surface area contributed by atoms with Crippen molar-refractivity contribution in [3.63, 3.8) is 0 Å². The Morgan fingerprint density at radius 2 is 1.63 bits per heavy atom. The molecule has 0 unspecified atom stereocenters. The van der Waals surface area contributed by atoms with Crippen LogP contribution in [0.25, 0.3) is 33.9 Å². The zero-order valence-corrected chi connectivity index (χ0v) is 21.2. The lowest BCUT2D eigenvalue weighted by atomic mass is 10.1. The Morgan fingerprint density at radius 1 is 0.921 bits per heavy atom. The van der Waals surface area contributed by atoms with Crippen molar-refractivity contribution in [3.05, 3.63) is 120 Å². The van der Waals surface area contributed by atoms with Crippen molar-refractivity contribution in [3.8, 4) is 33.9 Å². The third kappa shape index (κ3) is 4.74. The van der Waals surface area contributed by atoms with Gasteiger partial charge < -0.3 is 0 Å². The molecule has 0 aliphatic heterocycles. The molecule has 7 nitrogen and oxygen atoms in total. The zero-order chi connectivity index (χ0) is 25.9. The van der Waals surface area contributed by atoms with Crippen molar-refractivity contribution < 1.29 is 4.39 Å². The molecular formula is C29H22FN7S. The van der Waals surface area contributed by atoms with Crippen LogP contribution in [0.15, 0.2) is 108 Å². The van der Waals surface area contributed by atoms with Gasteiger partial charge in [-0.15, -0.1) is 11.3 Å². The van der Waals surface area contributed by atoms with Gasteiger partial charge in [0, 0.05) is 28.3 Å². The number of hydrazone groups is 1. The molecule has 0 atom stereocenters. The fourth-order valence-electron chi connectivity index (χ4n) is 4.11. The molecule has 1 N–H and O–H groups in total. The average molecular weight is 520 g/mol. The van der Waals surface area contributed by atoms with Crippen LogP contribution in [-0.4, -0.2) is 30.8 Å². The summed E-state index contributed by atoms with van der Waals surface area (Å²) >= 11 is 1.43. The van der Waals surface area contributed by atoms with Gasteiger partial charge in [0.1, 0.15) is 11.5 Å². The molecule has 186 valence electrons. The number of hydrogen-bond acceptors (Lipinski definition) is 6. The summed E-state index contributed by atoms with van der Waals surface area (Å²) in [6.45, 7) is 2.03. The van der Waals surface area contributed by atoms with E-state index >= 15 is 0 Å². The number of para-hydroxylation sites is 2. The zero-order valence-electron chi connectivity index (χ0n) is 20.4. The van der Waals surface area contributed by atoms with Crippen molar-refractivity contribution >= 4 is 22.7 Å². The minimum Gasteiger partial charge on any atom is -0.253 e. The van der Waals surface area contributed by atoms with E-state index in [1.807, 2.05) is 94.7 Å². The number of benzene rings is 3. The van der Waals surface area contributed by atoms with Gasteiger partial charge in [0.2, 0.25) is 5.13 Å². The van der Waals surface area contributed by atoms with Crippen LogP contribution in [0.5, 0.6) is 0 Å². The molecule has 0 aliphatic rings. The molecule has 0 spiro atoms. The summed E-state index contributed by atoms with van der Waals surface area (Å²) in [4.78, 5) is 4.56. The first-order valence-electron chi connectivity index (χ1n) is 11.9. The number of nitrogens with one attached hydrogen (secondary N) is 1. The van der Waals surface area contributed by atoms with Crippen LogP contribution in [0.4, 0.5) is 9.52 Å². The van der Waals surface area contributed by atoms with Gasteiger partial charge in [0.05, 0.1) is 35.2 Å². The minimum atomic E-state index is -0.275. The number of anilines is 1. The Labute approximate surface area is 222 Å². The second-order valence-electron chi connectivity index (χ2n) is 8.52. The predicted octanol–water partition coefficient (Wildman–Crippen LogP) is 6.74. The highest BCUT2D eigenvalue weighted by Crippen LogP contribution is 2.28. The van der Waals surface area contributed by atoms with Gasteiger partial charge in [-0.3, -0.25) is 5.43 Å². The summed E-state index contributed by atoms with van der Waals surface area (Å²) in [6.07, 6.45) is 5.52. The maximum absolute atomic E-state index is 13.3. The Bertz CT molecular complexity index is 1700.